The highest BCUT2D eigenvalue weighted by Crippen LogP contribution is 2.24. The third-order valence-corrected chi connectivity index (χ3v) is 3.52. The molecule has 3 rings (SSSR count). The number of carbonyl (C=O) groups excluding carboxylic acids is 1. The van der Waals surface area contributed by atoms with E-state index in [1.807, 2.05) is 28.8 Å². The molecule has 1 aromatic carbocycles. The summed E-state index contributed by atoms with van der Waals surface area (Å²) in [5.74, 6) is -0.0918. The van der Waals surface area contributed by atoms with Gasteiger partial charge in [0.1, 0.15) is 5.82 Å². The second kappa shape index (κ2) is 5.55. The minimum atomic E-state index is -0.511. The van der Waals surface area contributed by atoms with Gasteiger partial charge in [-0.15, -0.1) is 10.2 Å². The Bertz CT molecular complexity index is 843. The molecule has 0 saturated carbocycles. The van der Waals surface area contributed by atoms with Crippen molar-refractivity contribution in [2.24, 2.45) is 0 Å². The highest BCUT2D eigenvalue weighted by atomic mass is 19.1. The van der Waals surface area contributed by atoms with Crippen LogP contribution in [0.15, 0.2) is 42.6 Å². The molecule has 2 aromatic heterocycles. The first kappa shape index (κ1) is 14.2. The molecule has 5 nitrogen and oxygen atoms in total. The van der Waals surface area contributed by atoms with Crippen molar-refractivity contribution >= 4 is 17.1 Å². The van der Waals surface area contributed by atoms with E-state index < -0.39 is 5.82 Å². The first-order valence-corrected chi connectivity index (χ1v) is 6.87. The Hall–Kier alpha value is -2.76. The lowest BCUT2D eigenvalue weighted by molar-refractivity contribution is 0.101. The minimum Gasteiger partial charge on any atom is -0.366 e. The third-order valence-electron chi connectivity index (χ3n) is 3.52. The maximum absolute atomic E-state index is 13.9. The van der Waals surface area contributed by atoms with Crippen LogP contribution in [0.4, 0.5) is 10.1 Å². The summed E-state index contributed by atoms with van der Waals surface area (Å²) in [6.45, 7) is 1.77. The summed E-state index contributed by atoms with van der Waals surface area (Å²) in [6, 6.07) is 10.2. The molecular weight excluding hydrogens is 283 g/mol. The molecule has 0 unspecified atom stereocenters. The predicted molar refractivity (Wildman–Crippen MR) is 81.5 cm³/mol. The molecule has 3 aromatic rings. The van der Waals surface area contributed by atoms with Crippen molar-refractivity contribution in [3.8, 4) is 0 Å². The van der Waals surface area contributed by atoms with Crippen LogP contribution in [0.5, 0.6) is 0 Å². The van der Waals surface area contributed by atoms with E-state index in [0.717, 1.165) is 11.5 Å². The van der Waals surface area contributed by atoms with Crippen LogP contribution < -0.4 is 4.90 Å². The molecule has 0 aliphatic carbocycles. The van der Waals surface area contributed by atoms with Gasteiger partial charge in [0.2, 0.25) is 0 Å². The monoisotopic (exact) mass is 298 g/mol. The first-order valence-electron chi connectivity index (χ1n) is 6.87. The number of anilines is 1. The third kappa shape index (κ3) is 2.43. The number of pyridine rings is 1. The standard InChI is InChI=1S/C16H15FN4O/c1-11(22)16-12(17)6-5-7-13(16)20(2)10-15-19-18-14-8-3-4-9-21(14)15/h3-9H,10H2,1-2H3. The number of ketones is 1. The van der Waals surface area contributed by atoms with Crippen LogP contribution in [0.1, 0.15) is 23.1 Å². The summed E-state index contributed by atoms with van der Waals surface area (Å²) in [5, 5.41) is 8.24. The number of hydrogen-bond donors (Lipinski definition) is 0. The van der Waals surface area contributed by atoms with Gasteiger partial charge in [0, 0.05) is 13.2 Å². The predicted octanol–water partition coefficient (Wildman–Crippen LogP) is 2.71. The zero-order valence-corrected chi connectivity index (χ0v) is 12.3. The van der Waals surface area contributed by atoms with E-state index in [-0.39, 0.29) is 11.3 Å². The van der Waals surface area contributed by atoms with Gasteiger partial charge in [-0.05, 0) is 31.2 Å². The Balaban J connectivity index is 1.97. The summed E-state index contributed by atoms with van der Waals surface area (Å²) in [7, 11) is 1.80. The van der Waals surface area contributed by atoms with Gasteiger partial charge in [-0.3, -0.25) is 9.20 Å². The van der Waals surface area contributed by atoms with E-state index in [0.29, 0.717) is 12.2 Å². The van der Waals surface area contributed by atoms with E-state index in [1.54, 1.807) is 24.1 Å². The SMILES string of the molecule is CC(=O)c1c(F)cccc1N(C)Cc1nnc2ccccn12. The minimum absolute atomic E-state index is 0.0961. The average Bonchev–Trinajstić information content (AvgIpc) is 2.90. The Morgan fingerprint density at radius 1 is 1.23 bits per heavy atom. The van der Waals surface area contributed by atoms with Crippen LogP contribution in [0.25, 0.3) is 5.65 Å². The number of halogens is 1. The molecule has 112 valence electrons. The lowest BCUT2D eigenvalue weighted by atomic mass is 10.1. The zero-order chi connectivity index (χ0) is 15.7. The zero-order valence-electron chi connectivity index (χ0n) is 12.3. The van der Waals surface area contributed by atoms with Crippen molar-refractivity contribution < 1.29 is 9.18 Å². The number of aromatic nitrogens is 3. The van der Waals surface area contributed by atoms with Gasteiger partial charge in [-0.2, -0.15) is 0 Å². The second-order valence-electron chi connectivity index (χ2n) is 5.09. The van der Waals surface area contributed by atoms with Crippen molar-refractivity contribution in [3.63, 3.8) is 0 Å². The van der Waals surface area contributed by atoms with Crippen molar-refractivity contribution in [1.82, 2.24) is 14.6 Å². The van der Waals surface area contributed by atoms with Crippen LogP contribution in [0.3, 0.4) is 0 Å². The average molecular weight is 298 g/mol. The maximum Gasteiger partial charge on any atom is 0.164 e. The summed E-state index contributed by atoms with van der Waals surface area (Å²) < 4.78 is 15.8. The molecule has 0 bridgehead atoms. The van der Waals surface area contributed by atoms with Crippen molar-refractivity contribution in [1.29, 1.82) is 0 Å². The number of fused-ring (bicyclic) bond motifs is 1. The lowest BCUT2D eigenvalue weighted by Gasteiger charge is -2.21. The van der Waals surface area contributed by atoms with Crippen molar-refractivity contribution in [2.75, 3.05) is 11.9 Å². The van der Waals surface area contributed by atoms with Gasteiger partial charge < -0.3 is 4.90 Å². The second-order valence-corrected chi connectivity index (χ2v) is 5.09. The molecule has 2 heterocycles. The van der Waals surface area contributed by atoms with E-state index in [4.69, 9.17) is 0 Å². The number of benzene rings is 1. The first-order chi connectivity index (χ1) is 10.6. The Labute approximate surface area is 127 Å². The quantitative estimate of drug-likeness (QED) is 0.695. The molecule has 0 fully saturated rings. The van der Waals surface area contributed by atoms with Gasteiger partial charge in [0.25, 0.3) is 0 Å². The molecule has 0 radical (unpaired) electrons. The van der Waals surface area contributed by atoms with E-state index in [9.17, 15) is 9.18 Å². The summed E-state index contributed by atoms with van der Waals surface area (Å²) in [5.41, 5.74) is 1.39. The molecule has 0 N–H and O–H groups in total. The maximum atomic E-state index is 13.9. The smallest absolute Gasteiger partial charge is 0.164 e. The topological polar surface area (TPSA) is 50.5 Å². The van der Waals surface area contributed by atoms with Gasteiger partial charge in [0.05, 0.1) is 17.8 Å². The normalized spacial score (nSPS) is 10.9. The van der Waals surface area contributed by atoms with Crippen LogP contribution in [0, 0.1) is 5.82 Å². The number of Topliss-reactive ketones (excluding diaryl/α,β-unsaturated/α-hetero) is 1. The molecular formula is C16H15FN4O. The molecule has 22 heavy (non-hydrogen) atoms. The number of rotatable bonds is 4. The van der Waals surface area contributed by atoms with Crippen LogP contribution in [-0.4, -0.2) is 27.4 Å². The summed E-state index contributed by atoms with van der Waals surface area (Å²) >= 11 is 0. The molecule has 0 atom stereocenters. The largest absolute Gasteiger partial charge is 0.366 e. The van der Waals surface area contributed by atoms with Gasteiger partial charge >= 0.3 is 0 Å². The van der Waals surface area contributed by atoms with Crippen LogP contribution in [-0.2, 0) is 6.54 Å². The molecule has 0 aliphatic rings. The molecule has 6 heteroatoms. The lowest BCUT2D eigenvalue weighted by Crippen LogP contribution is -2.21. The van der Waals surface area contributed by atoms with E-state index in [2.05, 4.69) is 10.2 Å². The fourth-order valence-corrected chi connectivity index (χ4v) is 2.48. The highest BCUT2D eigenvalue weighted by Gasteiger charge is 2.17. The van der Waals surface area contributed by atoms with Crippen molar-refractivity contribution in [2.45, 2.75) is 13.5 Å². The summed E-state index contributed by atoms with van der Waals surface area (Å²) in [4.78, 5) is 13.5. The van der Waals surface area contributed by atoms with Gasteiger partial charge in [-0.25, -0.2) is 4.39 Å². The Morgan fingerprint density at radius 2 is 2.05 bits per heavy atom. The number of hydrogen-bond acceptors (Lipinski definition) is 4. The number of carbonyl (C=O) groups is 1. The van der Waals surface area contributed by atoms with Crippen LogP contribution >= 0.6 is 0 Å². The van der Waals surface area contributed by atoms with E-state index >= 15 is 0 Å². The molecule has 0 amide bonds. The van der Waals surface area contributed by atoms with Crippen LogP contribution in [0.2, 0.25) is 0 Å². The number of nitrogens with zero attached hydrogens (tertiary/aromatic N) is 4. The molecule has 0 spiro atoms. The van der Waals surface area contributed by atoms with E-state index in [1.165, 1.54) is 13.0 Å². The highest BCUT2D eigenvalue weighted by molar-refractivity contribution is 5.99. The molecule has 0 saturated heterocycles. The Morgan fingerprint density at radius 3 is 2.82 bits per heavy atom. The fourth-order valence-electron chi connectivity index (χ4n) is 2.48. The van der Waals surface area contributed by atoms with Gasteiger partial charge in [0.15, 0.2) is 17.3 Å². The Kier molecular flexibility index (Phi) is 3.58. The molecule has 0 aliphatic heterocycles. The fraction of sp³-hybridized carbons (Fsp3) is 0.188. The van der Waals surface area contributed by atoms with Crippen molar-refractivity contribution in [3.05, 3.63) is 59.8 Å². The van der Waals surface area contributed by atoms with Gasteiger partial charge in [-0.1, -0.05) is 12.1 Å². The summed E-state index contributed by atoms with van der Waals surface area (Å²) in [6.07, 6.45) is 1.87.